The van der Waals surface area contributed by atoms with Gasteiger partial charge in [-0.3, -0.25) is 0 Å². The fourth-order valence-electron chi connectivity index (χ4n) is 2.36. The Bertz CT molecular complexity index is 408. The summed E-state index contributed by atoms with van der Waals surface area (Å²) in [5, 5.41) is 3.03. The summed E-state index contributed by atoms with van der Waals surface area (Å²) in [5.74, 6) is 2.21. The van der Waals surface area contributed by atoms with Crippen molar-refractivity contribution < 1.29 is 9.47 Å². The molecule has 106 valence electrons. The molecule has 2 rings (SSSR count). The van der Waals surface area contributed by atoms with Crippen LogP contribution in [0.2, 0.25) is 0 Å². The van der Waals surface area contributed by atoms with Crippen LogP contribution in [0.5, 0.6) is 5.75 Å². The lowest BCUT2D eigenvalue weighted by atomic mass is 10.2. The minimum atomic E-state index is 0.289. The van der Waals surface area contributed by atoms with Gasteiger partial charge in [0.2, 0.25) is 5.75 Å². The van der Waals surface area contributed by atoms with E-state index in [-0.39, 0.29) is 6.10 Å². The normalized spacial score (nSPS) is 18.4. The van der Waals surface area contributed by atoms with Gasteiger partial charge >= 0.3 is 0 Å². The molecule has 1 N–H and O–H groups in total. The zero-order chi connectivity index (χ0) is 13.7. The molecule has 1 aliphatic heterocycles. The molecule has 0 bridgehead atoms. The minimum absolute atomic E-state index is 0.289. The first kappa shape index (κ1) is 13.9. The Morgan fingerprint density at radius 1 is 1.53 bits per heavy atom. The van der Waals surface area contributed by atoms with Crippen LogP contribution < -0.4 is 15.0 Å². The molecule has 1 fully saturated rings. The van der Waals surface area contributed by atoms with E-state index in [2.05, 4.69) is 27.1 Å². The van der Waals surface area contributed by atoms with Crippen LogP contribution in [0.25, 0.3) is 0 Å². The Labute approximate surface area is 114 Å². The number of aromatic nitrogens is 2. The van der Waals surface area contributed by atoms with Crippen molar-refractivity contribution in [3.05, 3.63) is 6.33 Å². The molecule has 6 nitrogen and oxygen atoms in total. The second kappa shape index (κ2) is 6.56. The summed E-state index contributed by atoms with van der Waals surface area (Å²) < 4.78 is 11.1. The van der Waals surface area contributed by atoms with Gasteiger partial charge in [0.1, 0.15) is 6.33 Å². The highest BCUT2D eigenvalue weighted by Gasteiger charge is 2.22. The molecule has 0 saturated carbocycles. The van der Waals surface area contributed by atoms with E-state index < -0.39 is 0 Å². The van der Waals surface area contributed by atoms with E-state index in [0.29, 0.717) is 11.6 Å². The molecule has 6 heteroatoms. The molecule has 0 radical (unpaired) electrons. The van der Waals surface area contributed by atoms with Crippen molar-refractivity contribution in [2.75, 3.05) is 44.1 Å². The third-order valence-electron chi connectivity index (χ3n) is 3.36. The van der Waals surface area contributed by atoms with Crippen molar-refractivity contribution in [1.29, 1.82) is 0 Å². The van der Waals surface area contributed by atoms with Crippen LogP contribution in [0.4, 0.5) is 11.6 Å². The maximum absolute atomic E-state index is 5.70. The molecule has 0 aliphatic carbocycles. The third-order valence-corrected chi connectivity index (χ3v) is 3.36. The van der Waals surface area contributed by atoms with Crippen LogP contribution in [0, 0.1) is 0 Å². The van der Waals surface area contributed by atoms with Gasteiger partial charge in [0.05, 0.1) is 13.2 Å². The summed E-state index contributed by atoms with van der Waals surface area (Å²) in [5.41, 5.74) is 0. The molecule has 2 heterocycles. The Morgan fingerprint density at radius 3 is 2.95 bits per heavy atom. The summed E-state index contributed by atoms with van der Waals surface area (Å²) in [4.78, 5) is 10.7. The lowest BCUT2D eigenvalue weighted by Crippen LogP contribution is -2.33. The first-order valence-electron chi connectivity index (χ1n) is 6.73. The molecule has 1 unspecified atom stereocenters. The predicted molar refractivity (Wildman–Crippen MR) is 75.0 cm³/mol. The molecule has 1 aliphatic rings. The SMILES string of the molecule is CCN(CC1CCCO1)c1ncnc(NC)c1OC. The van der Waals surface area contributed by atoms with Gasteiger partial charge in [-0.2, -0.15) is 0 Å². The minimum Gasteiger partial charge on any atom is -0.490 e. The average molecular weight is 266 g/mol. The summed E-state index contributed by atoms with van der Waals surface area (Å²) in [7, 11) is 3.47. The maximum Gasteiger partial charge on any atom is 0.204 e. The molecule has 19 heavy (non-hydrogen) atoms. The van der Waals surface area contributed by atoms with Gasteiger partial charge in [-0.25, -0.2) is 9.97 Å². The maximum atomic E-state index is 5.70. The largest absolute Gasteiger partial charge is 0.490 e. The van der Waals surface area contributed by atoms with Crippen LogP contribution in [0.3, 0.4) is 0 Å². The number of nitrogens with zero attached hydrogens (tertiary/aromatic N) is 3. The van der Waals surface area contributed by atoms with Crippen molar-refractivity contribution in [2.45, 2.75) is 25.9 Å². The Morgan fingerprint density at radius 2 is 2.37 bits per heavy atom. The van der Waals surface area contributed by atoms with Crippen LogP contribution in [-0.4, -0.2) is 49.9 Å². The highest BCUT2D eigenvalue weighted by molar-refractivity contribution is 5.64. The Hall–Kier alpha value is -1.56. The highest BCUT2D eigenvalue weighted by atomic mass is 16.5. The number of anilines is 2. The monoisotopic (exact) mass is 266 g/mol. The highest BCUT2D eigenvalue weighted by Crippen LogP contribution is 2.32. The summed E-state index contributed by atoms with van der Waals surface area (Å²) in [6.07, 6.45) is 4.10. The summed E-state index contributed by atoms with van der Waals surface area (Å²) in [6.45, 7) is 4.67. The molecule has 1 saturated heterocycles. The zero-order valence-corrected chi connectivity index (χ0v) is 11.8. The third kappa shape index (κ3) is 3.07. The smallest absolute Gasteiger partial charge is 0.204 e. The van der Waals surface area contributed by atoms with Gasteiger partial charge in [0.25, 0.3) is 0 Å². The number of ether oxygens (including phenoxy) is 2. The van der Waals surface area contributed by atoms with E-state index in [9.17, 15) is 0 Å². The molecule has 0 spiro atoms. The van der Waals surface area contributed by atoms with Gasteiger partial charge < -0.3 is 19.7 Å². The van der Waals surface area contributed by atoms with E-state index in [4.69, 9.17) is 9.47 Å². The number of methoxy groups -OCH3 is 1. The molecule has 0 amide bonds. The topological polar surface area (TPSA) is 59.5 Å². The van der Waals surface area contributed by atoms with Gasteiger partial charge in [-0.05, 0) is 19.8 Å². The van der Waals surface area contributed by atoms with E-state index in [1.807, 2.05) is 7.05 Å². The van der Waals surface area contributed by atoms with Crippen molar-refractivity contribution in [3.8, 4) is 5.75 Å². The van der Waals surface area contributed by atoms with Gasteiger partial charge in [0, 0.05) is 26.7 Å². The summed E-state index contributed by atoms with van der Waals surface area (Å²) >= 11 is 0. The molecule has 1 aromatic heterocycles. The van der Waals surface area contributed by atoms with Crippen LogP contribution >= 0.6 is 0 Å². The van der Waals surface area contributed by atoms with Crippen LogP contribution in [0.15, 0.2) is 6.33 Å². The molecule has 1 aromatic rings. The second-order valence-electron chi connectivity index (χ2n) is 4.50. The van der Waals surface area contributed by atoms with Crippen LogP contribution in [-0.2, 0) is 4.74 Å². The fourth-order valence-corrected chi connectivity index (χ4v) is 2.36. The number of likely N-dealkylation sites (N-methyl/N-ethyl adjacent to an activating group) is 1. The first-order valence-corrected chi connectivity index (χ1v) is 6.73. The summed E-state index contributed by atoms with van der Waals surface area (Å²) in [6, 6.07) is 0. The Balaban J connectivity index is 2.21. The first-order chi connectivity index (χ1) is 9.30. The number of rotatable bonds is 6. The van der Waals surface area contributed by atoms with Crippen molar-refractivity contribution in [2.24, 2.45) is 0 Å². The molecular weight excluding hydrogens is 244 g/mol. The van der Waals surface area contributed by atoms with Gasteiger partial charge in [-0.15, -0.1) is 0 Å². The number of nitrogens with one attached hydrogen (secondary N) is 1. The van der Waals surface area contributed by atoms with Crippen molar-refractivity contribution >= 4 is 11.6 Å². The second-order valence-corrected chi connectivity index (χ2v) is 4.50. The van der Waals surface area contributed by atoms with Gasteiger partial charge in [0.15, 0.2) is 11.6 Å². The standard InChI is InChI=1S/C13H22N4O2/c1-4-17(8-10-6-5-7-19-10)13-11(18-3)12(14-2)15-9-16-13/h9-10H,4-8H2,1-3H3,(H,14,15,16). The Kier molecular flexibility index (Phi) is 4.79. The fraction of sp³-hybridized carbons (Fsp3) is 0.692. The van der Waals surface area contributed by atoms with E-state index in [1.165, 1.54) is 0 Å². The van der Waals surface area contributed by atoms with E-state index in [0.717, 1.165) is 38.4 Å². The lowest BCUT2D eigenvalue weighted by molar-refractivity contribution is 0.115. The van der Waals surface area contributed by atoms with Crippen molar-refractivity contribution in [3.63, 3.8) is 0 Å². The van der Waals surface area contributed by atoms with Crippen molar-refractivity contribution in [1.82, 2.24) is 9.97 Å². The van der Waals surface area contributed by atoms with Gasteiger partial charge in [-0.1, -0.05) is 0 Å². The number of hydrogen-bond acceptors (Lipinski definition) is 6. The lowest BCUT2D eigenvalue weighted by Gasteiger charge is -2.26. The molecule has 1 atom stereocenters. The average Bonchev–Trinajstić information content (AvgIpc) is 2.96. The number of hydrogen-bond donors (Lipinski definition) is 1. The predicted octanol–water partition coefficient (Wildman–Crippen LogP) is 1.53. The quantitative estimate of drug-likeness (QED) is 0.842. The van der Waals surface area contributed by atoms with Crippen LogP contribution in [0.1, 0.15) is 19.8 Å². The molecule has 0 aromatic carbocycles. The molecular formula is C13H22N4O2. The van der Waals surface area contributed by atoms with E-state index in [1.54, 1.807) is 13.4 Å². The van der Waals surface area contributed by atoms with E-state index >= 15 is 0 Å². The zero-order valence-electron chi connectivity index (χ0n) is 11.8.